The SMILES string of the molecule is CCCCOCC1(C(=O)OC)CCN(C(=O)OC(C)(C)C)CC1. The zero-order valence-electron chi connectivity index (χ0n) is 15.1. The minimum atomic E-state index is -0.652. The zero-order chi connectivity index (χ0) is 17.5. The van der Waals surface area contributed by atoms with Gasteiger partial charge in [0, 0.05) is 19.7 Å². The molecule has 0 radical (unpaired) electrons. The summed E-state index contributed by atoms with van der Waals surface area (Å²) < 4.78 is 16.0. The first-order valence-electron chi connectivity index (χ1n) is 8.38. The number of amides is 1. The Labute approximate surface area is 139 Å². The molecule has 0 aromatic rings. The molecule has 1 heterocycles. The Hall–Kier alpha value is -1.30. The van der Waals surface area contributed by atoms with Crippen LogP contribution in [0, 0.1) is 5.41 Å². The van der Waals surface area contributed by atoms with Gasteiger partial charge < -0.3 is 19.1 Å². The van der Waals surface area contributed by atoms with Crippen LogP contribution in [0.15, 0.2) is 0 Å². The molecule has 1 fully saturated rings. The molecule has 0 spiro atoms. The van der Waals surface area contributed by atoms with Crippen LogP contribution in [-0.2, 0) is 19.0 Å². The molecule has 1 saturated heterocycles. The van der Waals surface area contributed by atoms with Gasteiger partial charge in [-0.1, -0.05) is 13.3 Å². The van der Waals surface area contributed by atoms with E-state index in [2.05, 4.69) is 6.92 Å². The minimum absolute atomic E-state index is 0.252. The summed E-state index contributed by atoms with van der Waals surface area (Å²) in [6.45, 7) is 9.56. The Balaban J connectivity index is 2.61. The average molecular weight is 329 g/mol. The van der Waals surface area contributed by atoms with E-state index in [-0.39, 0.29) is 12.1 Å². The third-order valence-electron chi connectivity index (χ3n) is 4.01. The quantitative estimate of drug-likeness (QED) is 0.553. The number of hydrogen-bond donors (Lipinski definition) is 0. The molecule has 134 valence electrons. The van der Waals surface area contributed by atoms with Gasteiger partial charge >= 0.3 is 12.1 Å². The number of rotatable bonds is 6. The van der Waals surface area contributed by atoms with Gasteiger partial charge in [-0.25, -0.2) is 4.79 Å². The van der Waals surface area contributed by atoms with Gasteiger partial charge in [0.1, 0.15) is 5.60 Å². The third kappa shape index (κ3) is 6.01. The van der Waals surface area contributed by atoms with Gasteiger partial charge in [0.15, 0.2) is 0 Å². The van der Waals surface area contributed by atoms with Crippen LogP contribution in [0.1, 0.15) is 53.4 Å². The van der Waals surface area contributed by atoms with Crippen molar-refractivity contribution in [1.82, 2.24) is 4.90 Å². The van der Waals surface area contributed by atoms with Crippen LogP contribution in [0.3, 0.4) is 0 Å². The lowest BCUT2D eigenvalue weighted by atomic mass is 9.79. The summed E-state index contributed by atoms with van der Waals surface area (Å²) in [6, 6.07) is 0. The van der Waals surface area contributed by atoms with E-state index in [4.69, 9.17) is 14.2 Å². The van der Waals surface area contributed by atoms with Crippen LogP contribution in [-0.4, -0.2) is 56.0 Å². The molecule has 1 amide bonds. The van der Waals surface area contributed by atoms with Gasteiger partial charge in [-0.2, -0.15) is 0 Å². The fourth-order valence-corrected chi connectivity index (χ4v) is 2.58. The molecular weight excluding hydrogens is 298 g/mol. The van der Waals surface area contributed by atoms with Crippen molar-refractivity contribution in [2.24, 2.45) is 5.41 Å². The Morgan fingerprint density at radius 2 is 1.78 bits per heavy atom. The number of piperidine rings is 1. The maximum Gasteiger partial charge on any atom is 0.410 e. The smallest absolute Gasteiger partial charge is 0.410 e. The van der Waals surface area contributed by atoms with Gasteiger partial charge in [0.05, 0.1) is 19.1 Å². The van der Waals surface area contributed by atoms with Crippen LogP contribution in [0.4, 0.5) is 4.79 Å². The van der Waals surface area contributed by atoms with Crippen LogP contribution in [0.5, 0.6) is 0 Å². The molecule has 23 heavy (non-hydrogen) atoms. The van der Waals surface area contributed by atoms with Crippen LogP contribution >= 0.6 is 0 Å². The summed E-state index contributed by atoms with van der Waals surface area (Å²) in [7, 11) is 1.40. The van der Waals surface area contributed by atoms with Gasteiger partial charge in [-0.3, -0.25) is 4.79 Å². The van der Waals surface area contributed by atoms with Crippen LogP contribution < -0.4 is 0 Å². The molecule has 0 bridgehead atoms. The topological polar surface area (TPSA) is 65.1 Å². The molecule has 0 aromatic carbocycles. The highest BCUT2D eigenvalue weighted by atomic mass is 16.6. The van der Waals surface area contributed by atoms with Crippen molar-refractivity contribution in [2.75, 3.05) is 33.4 Å². The molecule has 1 rings (SSSR count). The zero-order valence-corrected chi connectivity index (χ0v) is 15.1. The summed E-state index contributed by atoms with van der Waals surface area (Å²) in [4.78, 5) is 26.0. The molecule has 0 saturated carbocycles. The molecule has 0 aromatic heterocycles. The van der Waals surface area contributed by atoms with E-state index >= 15 is 0 Å². The molecular formula is C17H31NO5. The second-order valence-corrected chi connectivity index (χ2v) is 7.15. The Kier molecular flexibility index (Phi) is 7.32. The van der Waals surface area contributed by atoms with Crippen molar-refractivity contribution >= 4 is 12.1 Å². The standard InChI is InChI=1S/C17H31NO5/c1-6-7-12-22-13-17(14(19)21-5)8-10-18(11-9-17)15(20)23-16(2,3)4/h6-13H2,1-5H3. The summed E-state index contributed by atoms with van der Waals surface area (Å²) >= 11 is 0. The van der Waals surface area contributed by atoms with Crippen molar-refractivity contribution in [1.29, 1.82) is 0 Å². The van der Waals surface area contributed by atoms with E-state index in [0.717, 1.165) is 12.8 Å². The van der Waals surface area contributed by atoms with E-state index in [1.54, 1.807) is 4.90 Å². The van der Waals surface area contributed by atoms with Crippen molar-refractivity contribution in [2.45, 2.75) is 59.0 Å². The predicted octanol–water partition coefficient (Wildman–Crippen LogP) is 2.99. The number of nitrogens with zero attached hydrogens (tertiary/aromatic N) is 1. The average Bonchev–Trinajstić information content (AvgIpc) is 2.49. The van der Waals surface area contributed by atoms with E-state index in [1.165, 1.54) is 7.11 Å². The molecule has 0 N–H and O–H groups in total. The number of likely N-dealkylation sites (tertiary alicyclic amines) is 1. The van der Waals surface area contributed by atoms with Gasteiger partial charge in [-0.05, 0) is 40.0 Å². The molecule has 1 aliphatic heterocycles. The molecule has 6 nitrogen and oxygen atoms in total. The van der Waals surface area contributed by atoms with Gasteiger partial charge in [0.25, 0.3) is 0 Å². The van der Waals surface area contributed by atoms with E-state index in [1.807, 2.05) is 20.8 Å². The van der Waals surface area contributed by atoms with Crippen molar-refractivity contribution in [3.05, 3.63) is 0 Å². The first kappa shape index (κ1) is 19.7. The van der Waals surface area contributed by atoms with Crippen molar-refractivity contribution < 1.29 is 23.8 Å². The second-order valence-electron chi connectivity index (χ2n) is 7.15. The maximum atomic E-state index is 12.2. The fraction of sp³-hybridized carbons (Fsp3) is 0.882. The molecule has 1 aliphatic rings. The molecule has 0 aliphatic carbocycles. The summed E-state index contributed by atoms with van der Waals surface area (Å²) in [6.07, 6.45) is 2.76. The van der Waals surface area contributed by atoms with E-state index < -0.39 is 11.0 Å². The van der Waals surface area contributed by atoms with Gasteiger partial charge in [-0.15, -0.1) is 0 Å². The second kappa shape index (κ2) is 8.52. The largest absolute Gasteiger partial charge is 0.469 e. The normalized spacial score (nSPS) is 17.7. The summed E-state index contributed by atoms with van der Waals surface area (Å²) in [5.74, 6) is -0.252. The number of esters is 1. The molecule has 0 unspecified atom stereocenters. The third-order valence-corrected chi connectivity index (χ3v) is 4.01. The predicted molar refractivity (Wildman–Crippen MR) is 87.2 cm³/mol. The lowest BCUT2D eigenvalue weighted by Crippen LogP contribution is -2.50. The minimum Gasteiger partial charge on any atom is -0.469 e. The maximum absolute atomic E-state index is 12.2. The Morgan fingerprint density at radius 3 is 2.26 bits per heavy atom. The first-order valence-corrected chi connectivity index (χ1v) is 8.38. The number of hydrogen-bond acceptors (Lipinski definition) is 5. The number of unbranched alkanes of at least 4 members (excludes halogenated alkanes) is 1. The van der Waals surface area contributed by atoms with Crippen molar-refractivity contribution in [3.8, 4) is 0 Å². The van der Waals surface area contributed by atoms with Crippen LogP contribution in [0.2, 0.25) is 0 Å². The Morgan fingerprint density at radius 1 is 1.17 bits per heavy atom. The first-order chi connectivity index (χ1) is 10.7. The van der Waals surface area contributed by atoms with E-state index in [0.29, 0.717) is 39.1 Å². The monoisotopic (exact) mass is 329 g/mol. The molecule has 0 atom stereocenters. The number of methoxy groups -OCH3 is 1. The molecule has 6 heteroatoms. The lowest BCUT2D eigenvalue weighted by Gasteiger charge is -2.39. The lowest BCUT2D eigenvalue weighted by molar-refractivity contribution is -0.160. The van der Waals surface area contributed by atoms with Crippen LogP contribution in [0.25, 0.3) is 0 Å². The fourth-order valence-electron chi connectivity index (χ4n) is 2.58. The summed E-state index contributed by atoms with van der Waals surface area (Å²) in [5.41, 5.74) is -1.17. The highest BCUT2D eigenvalue weighted by Gasteiger charge is 2.44. The summed E-state index contributed by atoms with van der Waals surface area (Å²) in [5, 5.41) is 0. The highest BCUT2D eigenvalue weighted by Crippen LogP contribution is 2.34. The number of carbonyl (C=O) groups excluding carboxylic acids is 2. The number of ether oxygens (including phenoxy) is 3. The Bertz CT molecular complexity index is 394. The van der Waals surface area contributed by atoms with E-state index in [9.17, 15) is 9.59 Å². The van der Waals surface area contributed by atoms with Crippen molar-refractivity contribution in [3.63, 3.8) is 0 Å². The van der Waals surface area contributed by atoms with Gasteiger partial charge in [0.2, 0.25) is 0 Å². The number of carbonyl (C=O) groups is 2. The highest BCUT2D eigenvalue weighted by molar-refractivity contribution is 5.77.